The highest BCUT2D eigenvalue weighted by Crippen LogP contribution is 2.35. The number of aromatic nitrogens is 5. The van der Waals surface area contributed by atoms with Crippen LogP contribution in [0.3, 0.4) is 0 Å². The van der Waals surface area contributed by atoms with E-state index in [1.165, 1.54) is 4.68 Å². The first kappa shape index (κ1) is 16.5. The first-order valence-corrected chi connectivity index (χ1v) is 7.85. The third kappa shape index (κ3) is 2.89. The normalized spacial score (nSPS) is 24.0. The number of carbonyl (C=O) groups is 1. The number of hydrogen-bond donors (Lipinski definition) is 4. The maximum atomic E-state index is 12.1. The van der Waals surface area contributed by atoms with E-state index in [2.05, 4.69) is 25.6 Å². The third-order valence-electron chi connectivity index (χ3n) is 4.27. The number of nitrogens with zero attached hydrogens (tertiary/aromatic N) is 4. The summed E-state index contributed by atoms with van der Waals surface area (Å²) in [7, 11) is 0. The first-order chi connectivity index (χ1) is 11.4. The molecule has 0 spiro atoms. The van der Waals surface area contributed by atoms with Crippen LogP contribution >= 0.6 is 0 Å². The van der Waals surface area contributed by atoms with E-state index in [1.54, 1.807) is 13.8 Å². The van der Waals surface area contributed by atoms with Crippen LogP contribution < -0.4 is 10.9 Å². The summed E-state index contributed by atoms with van der Waals surface area (Å²) in [6, 6.07) is -0.421. The van der Waals surface area contributed by atoms with Crippen molar-refractivity contribution in [3.63, 3.8) is 0 Å². The predicted octanol–water partition coefficient (Wildman–Crippen LogP) is -0.587. The number of amides is 1. The molecule has 0 unspecified atom stereocenters. The topological polar surface area (TPSA) is 146 Å². The quantitative estimate of drug-likeness (QED) is 0.584. The van der Waals surface area contributed by atoms with Gasteiger partial charge >= 0.3 is 0 Å². The van der Waals surface area contributed by atoms with Gasteiger partial charge in [-0.15, -0.1) is 5.10 Å². The van der Waals surface area contributed by atoms with Crippen molar-refractivity contribution in [2.75, 3.05) is 11.9 Å². The van der Waals surface area contributed by atoms with Crippen molar-refractivity contribution in [3.05, 3.63) is 10.4 Å². The van der Waals surface area contributed by atoms with E-state index in [4.69, 9.17) is 0 Å². The molecule has 1 amide bonds. The second-order valence-corrected chi connectivity index (χ2v) is 6.42. The molecule has 2 aromatic heterocycles. The van der Waals surface area contributed by atoms with Crippen LogP contribution in [0, 0.1) is 11.8 Å². The Morgan fingerprint density at radius 1 is 1.46 bits per heavy atom. The number of nitrogens with one attached hydrogen (secondary N) is 2. The molecule has 3 rings (SSSR count). The fourth-order valence-electron chi connectivity index (χ4n) is 2.89. The molecule has 24 heavy (non-hydrogen) atoms. The molecule has 130 valence electrons. The van der Waals surface area contributed by atoms with E-state index in [9.17, 15) is 19.8 Å². The number of carbonyl (C=O) groups excluding carboxylic acids is 1. The number of H-pyrrole nitrogens is 1. The van der Waals surface area contributed by atoms with Crippen molar-refractivity contribution >= 4 is 23.0 Å². The maximum absolute atomic E-state index is 12.1. The summed E-state index contributed by atoms with van der Waals surface area (Å²) in [5.41, 5.74) is -0.283. The molecule has 0 aromatic carbocycles. The molecule has 0 saturated heterocycles. The molecule has 10 heteroatoms. The third-order valence-corrected chi connectivity index (χ3v) is 4.27. The molecule has 10 nitrogen and oxygen atoms in total. The largest absolute Gasteiger partial charge is 0.396 e. The fourth-order valence-corrected chi connectivity index (χ4v) is 2.89. The monoisotopic (exact) mass is 336 g/mol. The number of aliphatic hydroxyl groups is 2. The van der Waals surface area contributed by atoms with E-state index >= 15 is 0 Å². The lowest BCUT2D eigenvalue weighted by molar-refractivity contribution is -0.118. The van der Waals surface area contributed by atoms with Crippen LogP contribution in [0.15, 0.2) is 4.79 Å². The first-order valence-electron chi connectivity index (χ1n) is 7.85. The van der Waals surface area contributed by atoms with Crippen molar-refractivity contribution in [1.82, 2.24) is 25.0 Å². The van der Waals surface area contributed by atoms with Crippen LogP contribution in [-0.2, 0) is 4.79 Å². The van der Waals surface area contributed by atoms with Gasteiger partial charge in [-0.05, 0) is 18.8 Å². The maximum Gasteiger partial charge on any atom is 0.282 e. The van der Waals surface area contributed by atoms with Crippen LogP contribution in [0.1, 0.15) is 32.7 Å². The molecule has 1 saturated carbocycles. The Morgan fingerprint density at radius 2 is 2.21 bits per heavy atom. The highest BCUT2D eigenvalue weighted by atomic mass is 16.3. The van der Waals surface area contributed by atoms with Gasteiger partial charge < -0.3 is 10.2 Å². The summed E-state index contributed by atoms with van der Waals surface area (Å²) >= 11 is 0. The number of aromatic amines is 1. The second kappa shape index (κ2) is 6.29. The standard InChI is InChI=1S/C14H20N6O4/c1-6(2)12(23)16-14-15-11-10(13(24)17-14)18-19-20(11)8-3-7(5-21)4-9(8)22/h6-9,21-22H,3-5H2,1-2H3,(H2,15,16,17,23,24)/t7-,8+,9+/m0/s1. The van der Waals surface area contributed by atoms with Crippen molar-refractivity contribution in [2.45, 2.75) is 38.8 Å². The average Bonchev–Trinajstić information content (AvgIpc) is 3.10. The summed E-state index contributed by atoms with van der Waals surface area (Å²) in [6.45, 7) is 3.42. The van der Waals surface area contributed by atoms with Crippen LogP contribution in [-0.4, -0.2) is 53.8 Å². The second-order valence-electron chi connectivity index (χ2n) is 6.42. The zero-order valence-electron chi connectivity index (χ0n) is 13.4. The number of rotatable bonds is 4. The predicted molar refractivity (Wildman–Crippen MR) is 84.3 cm³/mol. The zero-order valence-corrected chi connectivity index (χ0v) is 13.4. The summed E-state index contributed by atoms with van der Waals surface area (Å²) in [5, 5.41) is 29.8. The highest BCUT2D eigenvalue weighted by Gasteiger charge is 2.36. The molecule has 0 aliphatic heterocycles. The Morgan fingerprint density at radius 3 is 2.83 bits per heavy atom. The molecular weight excluding hydrogens is 316 g/mol. The van der Waals surface area contributed by atoms with Gasteiger partial charge in [0.1, 0.15) is 0 Å². The average molecular weight is 336 g/mol. The van der Waals surface area contributed by atoms with Gasteiger partial charge in [-0.25, -0.2) is 4.68 Å². The van der Waals surface area contributed by atoms with Gasteiger partial charge in [0.15, 0.2) is 11.2 Å². The number of hydrogen-bond acceptors (Lipinski definition) is 7. The molecule has 0 bridgehead atoms. The van der Waals surface area contributed by atoms with E-state index in [-0.39, 0.29) is 41.5 Å². The number of anilines is 1. The number of aliphatic hydroxyl groups excluding tert-OH is 2. The molecule has 1 fully saturated rings. The van der Waals surface area contributed by atoms with Crippen molar-refractivity contribution in [2.24, 2.45) is 11.8 Å². The molecule has 3 atom stereocenters. The summed E-state index contributed by atoms with van der Waals surface area (Å²) < 4.78 is 1.40. The molecule has 2 aromatic rings. The molecule has 0 radical (unpaired) electrons. The van der Waals surface area contributed by atoms with Gasteiger partial charge in [-0.1, -0.05) is 19.1 Å². The SMILES string of the molecule is CC(C)C(=O)Nc1nc2c(nnn2[C@@H]2C[C@H](CO)C[C@H]2O)c(=O)[nH]1. The smallest absolute Gasteiger partial charge is 0.282 e. The Labute approximate surface area is 136 Å². The van der Waals surface area contributed by atoms with Crippen LogP contribution in [0.5, 0.6) is 0 Å². The molecule has 1 aliphatic rings. The molecular formula is C14H20N6O4. The minimum Gasteiger partial charge on any atom is -0.396 e. The van der Waals surface area contributed by atoms with Crippen molar-refractivity contribution < 1.29 is 15.0 Å². The Hall–Kier alpha value is -2.33. The summed E-state index contributed by atoms with van der Waals surface area (Å²) in [4.78, 5) is 30.6. The molecule has 2 heterocycles. The van der Waals surface area contributed by atoms with E-state index in [1.807, 2.05) is 0 Å². The Balaban J connectivity index is 2.00. The van der Waals surface area contributed by atoms with Crippen LogP contribution in [0.25, 0.3) is 11.2 Å². The van der Waals surface area contributed by atoms with Gasteiger partial charge in [0.25, 0.3) is 5.56 Å². The minimum atomic E-state index is -0.707. The van der Waals surface area contributed by atoms with Gasteiger partial charge in [-0.2, -0.15) is 4.98 Å². The van der Waals surface area contributed by atoms with Crippen LogP contribution in [0.2, 0.25) is 0 Å². The van der Waals surface area contributed by atoms with Crippen LogP contribution in [0.4, 0.5) is 5.95 Å². The fraction of sp³-hybridized carbons (Fsp3) is 0.643. The van der Waals surface area contributed by atoms with Gasteiger partial charge in [0, 0.05) is 12.5 Å². The van der Waals surface area contributed by atoms with Gasteiger partial charge in [-0.3, -0.25) is 19.9 Å². The van der Waals surface area contributed by atoms with Gasteiger partial charge in [0.05, 0.1) is 12.1 Å². The van der Waals surface area contributed by atoms with Crippen molar-refractivity contribution in [3.8, 4) is 0 Å². The lowest BCUT2D eigenvalue weighted by Crippen LogP contribution is -2.23. The lowest BCUT2D eigenvalue weighted by atomic mass is 10.1. The minimum absolute atomic E-state index is 0.0148. The zero-order chi connectivity index (χ0) is 17.4. The van der Waals surface area contributed by atoms with Crippen molar-refractivity contribution in [1.29, 1.82) is 0 Å². The lowest BCUT2D eigenvalue weighted by Gasteiger charge is -2.14. The van der Waals surface area contributed by atoms with E-state index in [0.29, 0.717) is 12.8 Å². The number of fused-ring (bicyclic) bond motifs is 1. The molecule has 4 N–H and O–H groups in total. The summed E-state index contributed by atoms with van der Waals surface area (Å²) in [5.74, 6) is -0.568. The van der Waals surface area contributed by atoms with Gasteiger partial charge in [0.2, 0.25) is 11.9 Å². The Bertz CT molecular complexity index is 813. The van der Waals surface area contributed by atoms with E-state index in [0.717, 1.165) is 0 Å². The summed E-state index contributed by atoms with van der Waals surface area (Å²) in [6.07, 6.45) is 0.253. The highest BCUT2D eigenvalue weighted by molar-refractivity contribution is 5.90. The van der Waals surface area contributed by atoms with E-state index < -0.39 is 17.7 Å². The molecule has 1 aliphatic carbocycles. The Kier molecular flexibility index (Phi) is 4.33.